The average molecular weight is 1060 g/mol. The lowest BCUT2D eigenvalue weighted by molar-refractivity contribution is -0.870. The van der Waals surface area contributed by atoms with Crippen LogP contribution in [-0.2, 0) is 27.9 Å². The molecule has 9 nitrogen and oxygen atoms in total. The van der Waals surface area contributed by atoms with Crippen molar-refractivity contribution in [3.8, 4) is 0 Å². The number of nitrogens with zero attached hydrogens (tertiary/aromatic N) is 1. The van der Waals surface area contributed by atoms with E-state index in [0.717, 1.165) is 89.9 Å². The van der Waals surface area contributed by atoms with Crippen molar-refractivity contribution in [1.82, 2.24) is 5.32 Å². The van der Waals surface area contributed by atoms with Crippen molar-refractivity contribution in [3.63, 3.8) is 0 Å². The minimum absolute atomic E-state index is 0.0227. The molecule has 0 aliphatic carbocycles. The first kappa shape index (κ1) is 72.0. The van der Waals surface area contributed by atoms with Gasteiger partial charge in [0.25, 0.3) is 7.82 Å². The number of ether oxygens (including phenoxy) is 1. The molecule has 0 radical (unpaired) electrons. The Morgan fingerprint density at radius 1 is 0.473 bits per heavy atom. The van der Waals surface area contributed by atoms with E-state index in [9.17, 15) is 19.0 Å². The SMILES string of the molecule is CCCC/C=C\CCCCCCCC(=O)OC(/C=C\CCCCCCCCCCCC)C(COP(=O)([O-])OCC[N+](C)(C)C)NC(=O)CCCCCCCCCCCCCCCCC/C=C\C/C=C\CCCCC. The van der Waals surface area contributed by atoms with E-state index in [0.29, 0.717) is 17.4 Å². The summed E-state index contributed by atoms with van der Waals surface area (Å²) >= 11 is 0. The summed E-state index contributed by atoms with van der Waals surface area (Å²) in [5.41, 5.74) is 0. The monoisotopic (exact) mass is 1060 g/mol. The van der Waals surface area contributed by atoms with Gasteiger partial charge in [-0.05, 0) is 83.1 Å². The Balaban J connectivity index is 5.04. The number of hydrogen-bond acceptors (Lipinski definition) is 7. The molecule has 0 spiro atoms. The van der Waals surface area contributed by atoms with Gasteiger partial charge in [0.1, 0.15) is 19.3 Å². The molecule has 0 saturated carbocycles. The fourth-order valence-electron chi connectivity index (χ4n) is 9.06. The van der Waals surface area contributed by atoms with Crippen molar-refractivity contribution in [2.75, 3.05) is 40.9 Å². The minimum atomic E-state index is -4.69. The predicted octanol–water partition coefficient (Wildman–Crippen LogP) is 18.6. The van der Waals surface area contributed by atoms with Crippen LogP contribution in [0.3, 0.4) is 0 Å². The average Bonchev–Trinajstić information content (AvgIpc) is 3.36. The molecule has 0 aromatic heterocycles. The molecule has 74 heavy (non-hydrogen) atoms. The van der Waals surface area contributed by atoms with Gasteiger partial charge in [0.2, 0.25) is 5.91 Å². The number of likely N-dealkylation sites (N-methyl/N-ethyl adjacent to an activating group) is 1. The van der Waals surface area contributed by atoms with Crippen LogP contribution in [-0.4, -0.2) is 69.4 Å². The summed E-state index contributed by atoms with van der Waals surface area (Å²) in [5.74, 6) is -0.545. The van der Waals surface area contributed by atoms with Crippen LogP contribution in [0.5, 0.6) is 0 Å². The largest absolute Gasteiger partial charge is 0.756 e. The Morgan fingerprint density at radius 3 is 1.30 bits per heavy atom. The quantitative estimate of drug-likeness (QED) is 0.0212. The van der Waals surface area contributed by atoms with E-state index in [4.69, 9.17) is 13.8 Å². The second kappa shape index (κ2) is 54.3. The van der Waals surface area contributed by atoms with E-state index < -0.39 is 20.0 Å². The number of hydrogen-bond donors (Lipinski definition) is 1. The lowest BCUT2D eigenvalue weighted by Crippen LogP contribution is -2.47. The van der Waals surface area contributed by atoms with E-state index in [2.05, 4.69) is 62.5 Å². The Morgan fingerprint density at radius 2 is 0.838 bits per heavy atom. The summed E-state index contributed by atoms with van der Waals surface area (Å²) < 4.78 is 30.3. The van der Waals surface area contributed by atoms with Gasteiger partial charge in [-0.2, -0.15) is 0 Å². The van der Waals surface area contributed by atoms with Gasteiger partial charge in [-0.3, -0.25) is 14.2 Å². The third kappa shape index (κ3) is 54.7. The van der Waals surface area contributed by atoms with Crippen LogP contribution in [0.2, 0.25) is 0 Å². The number of carbonyl (C=O) groups excluding carboxylic acids is 2. The molecule has 0 aliphatic rings. The highest BCUT2D eigenvalue weighted by Gasteiger charge is 2.27. The second-order valence-corrected chi connectivity index (χ2v) is 24.0. The summed E-state index contributed by atoms with van der Waals surface area (Å²) in [6, 6.07) is -0.889. The Bertz CT molecular complexity index is 1410. The Kier molecular flexibility index (Phi) is 52.8. The van der Waals surface area contributed by atoms with Crippen LogP contribution in [0, 0.1) is 0 Å². The molecular formula is C64H121N2O7P. The smallest absolute Gasteiger partial charge is 0.306 e. The second-order valence-electron chi connectivity index (χ2n) is 22.6. The van der Waals surface area contributed by atoms with Crippen LogP contribution in [0.25, 0.3) is 0 Å². The summed E-state index contributed by atoms with van der Waals surface area (Å²) in [5, 5.41) is 3.03. The van der Waals surface area contributed by atoms with Crippen LogP contribution < -0.4 is 10.2 Å². The van der Waals surface area contributed by atoms with Gasteiger partial charge >= 0.3 is 5.97 Å². The zero-order valence-corrected chi connectivity index (χ0v) is 50.4. The number of nitrogens with one attached hydrogen (secondary N) is 1. The lowest BCUT2D eigenvalue weighted by Gasteiger charge is -2.30. The van der Waals surface area contributed by atoms with Crippen molar-refractivity contribution in [2.45, 2.75) is 309 Å². The number of amides is 1. The number of quaternary nitrogens is 1. The number of phosphoric acid groups is 1. The molecule has 1 N–H and O–H groups in total. The predicted molar refractivity (Wildman–Crippen MR) is 316 cm³/mol. The van der Waals surface area contributed by atoms with Crippen LogP contribution >= 0.6 is 7.82 Å². The summed E-state index contributed by atoms with van der Waals surface area (Å²) in [6.45, 7) is 6.79. The summed E-state index contributed by atoms with van der Waals surface area (Å²) in [7, 11) is 1.19. The van der Waals surface area contributed by atoms with Crippen molar-refractivity contribution >= 4 is 19.7 Å². The van der Waals surface area contributed by atoms with E-state index in [-0.39, 0.29) is 31.5 Å². The molecule has 0 saturated heterocycles. The van der Waals surface area contributed by atoms with Crippen LogP contribution in [0.4, 0.5) is 0 Å². The highest BCUT2D eigenvalue weighted by Crippen LogP contribution is 2.38. The molecule has 0 heterocycles. The first-order valence-electron chi connectivity index (χ1n) is 31.4. The third-order valence-corrected chi connectivity index (χ3v) is 14.9. The van der Waals surface area contributed by atoms with E-state index in [1.165, 1.54) is 173 Å². The summed E-state index contributed by atoms with van der Waals surface area (Å²) in [6.07, 6.45) is 66.6. The van der Waals surface area contributed by atoms with E-state index in [1.54, 1.807) is 0 Å². The van der Waals surface area contributed by atoms with Crippen molar-refractivity contribution in [3.05, 3.63) is 48.6 Å². The van der Waals surface area contributed by atoms with Gasteiger partial charge in [-0.1, -0.05) is 250 Å². The maximum Gasteiger partial charge on any atom is 0.306 e. The molecular weight excluding hydrogens is 940 g/mol. The molecule has 0 aromatic rings. The van der Waals surface area contributed by atoms with Gasteiger partial charge in [-0.15, -0.1) is 0 Å². The zero-order chi connectivity index (χ0) is 54.3. The Labute approximate surface area is 458 Å². The number of rotatable bonds is 57. The highest BCUT2D eigenvalue weighted by molar-refractivity contribution is 7.45. The molecule has 3 unspecified atom stereocenters. The molecule has 0 bridgehead atoms. The number of phosphoric ester groups is 1. The van der Waals surface area contributed by atoms with E-state index in [1.807, 2.05) is 33.3 Å². The standard InChI is InChI=1S/C64H121N2O7P/c1-7-10-13-16-19-22-25-27-28-29-30-31-32-33-34-35-36-37-38-39-42-44-47-50-53-56-63(67)65-61(60-72-74(69,70)71-59-58-66(4,5)6)62(55-52-49-46-43-41-26-23-20-17-14-11-8-2)73-64(68)57-54-51-48-45-40-24-21-18-15-12-9-3/h18-19,21-22,27-28,52,55,61-62H,7-17,20,23-26,29-51,53-54,56-60H2,1-6H3,(H-,65,67,69,70)/b21-18-,22-19-,28-27-,55-52-. The molecule has 3 atom stereocenters. The van der Waals surface area contributed by atoms with E-state index >= 15 is 0 Å². The normalized spacial score (nSPS) is 14.0. The van der Waals surface area contributed by atoms with Crippen LogP contribution in [0.1, 0.15) is 297 Å². The number of esters is 1. The number of allylic oxidation sites excluding steroid dienone is 7. The number of unbranched alkanes of at least 4 members (excludes halogenated alkanes) is 35. The summed E-state index contributed by atoms with van der Waals surface area (Å²) in [4.78, 5) is 39.9. The molecule has 0 aliphatic heterocycles. The fraction of sp³-hybridized carbons (Fsp3) is 0.844. The lowest BCUT2D eigenvalue weighted by atomic mass is 10.0. The molecule has 434 valence electrons. The molecule has 10 heteroatoms. The van der Waals surface area contributed by atoms with Gasteiger partial charge in [0, 0.05) is 12.8 Å². The highest BCUT2D eigenvalue weighted by atomic mass is 31.2. The maximum absolute atomic E-state index is 13.5. The van der Waals surface area contributed by atoms with Gasteiger partial charge < -0.3 is 28.5 Å². The van der Waals surface area contributed by atoms with Crippen molar-refractivity contribution in [2.24, 2.45) is 0 Å². The Hall–Kier alpha value is -2.03. The minimum Gasteiger partial charge on any atom is -0.756 e. The molecule has 0 aromatic carbocycles. The van der Waals surface area contributed by atoms with Crippen LogP contribution in [0.15, 0.2) is 48.6 Å². The first-order valence-corrected chi connectivity index (χ1v) is 32.9. The molecule has 1 amide bonds. The first-order chi connectivity index (χ1) is 35.9. The van der Waals surface area contributed by atoms with Gasteiger partial charge in [0.05, 0.1) is 33.8 Å². The van der Waals surface area contributed by atoms with Gasteiger partial charge in [-0.25, -0.2) is 0 Å². The number of carbonyl (C=O) groups is 2. The molecule has 0 rings (SSSR count). The van der Waals surface area contributed by atoms with Crippen molar-refractivity contribution < 1.29 is 37.3 Å². The zero-order valence-electron chi connectivity index (χ0n) is 49.6. The third-order valence-electron chi connectivity index (χ3n) is 14.0. The fourth-order valence-corrected chi connectivity index (χ4v) is 9.79. The molecule has 0 fully saturated rings. The maximum atomic E-state index is 13.5. The van der Waals surface area contributed by atoms with Gasteiger partial charge in [0.15, 0.2) is 0 Å². The van der Waals surface area contributed by atoms with Crippen molar-refractivity contribution in [1.29, 1.82) is 0 Å². The topological polar surface area (TPSA) is 114 Å².